The number of hydrogen-bond acceptors (Lipinski definition) is 6. The molecule has 2 aromatic carbocycles. The molecule has 2 rings (SSSR count). The minimum atomic E-state index is -3.80. The zero-order valence-corrected chi connectivity index (χ0v) is 17.6. The number of primary sulfonamides is 1. The number of nitrogens with one attached hydrogen (secondary N) is 2. The van der Waals surface area contributed by atoms with Crippen molar-refractivity contribution in [3.8, 4) is 5.75 Å². The molecule has 0 unspecified atom stereocenters. The summed E-state index contributed by atoms with van der Waals surface area (Å²) >= 11 is 0. The number of carbonyl (C=O) groups excluding carboxylic acids is 1. The van der Waals surface area contributed by atoms with E-state index in [0.29, 0.717) is 17.9 Å². The van der Waals surface area contributed by atoms with E-state index < -0.39 is 26.0 Å². The van der Waals surface area contributed by atoms with Gasteiger partial charge in [0.15, 0.2) is 6.61 Å². The largest absolute Gasteiger partial charge is 0.484 e. The Hall–Kier alpha value is -2.47. The second-order valence-corrected chi connectivity index (χ2v) is 9.58. The lowest BCUT2D eigenvalue weighted by Crippen LogP contribution is -2.31. The summed E-state index contributed by atoms with van der Waals surface area (Å²) in [6, 6.07) is 10.9. The first-order chi connectivity index (χ1) is 13.5. The van der Waals surface area contributed by atoms with Crippen LogP contribution in [0.1, 0.15) is 20.3 Å². The lowest BCUT2D eigenvalue weighted by atomic mass is 10.3. The number of amides is 1. The van der Waals surface area contributed by atoms with E-state index >= 15 is 0 Å². The molecule has 0 aliphatic rings. The van der Waals surface area contributed by atoms with Crippen LogP contribution in [-0.2, 0) is 24.8 Å². The molecule has 0 radical (unpaired) electrons. The maximum Gasteiger partial charge on any atom is 0.262 e. The second-order valence-electron chi connectivity index (χ2n) is 6.31. The van der Waals surface area contributed by atoms with Gasteiger partial charge in [-0.15, -0.1) is 0 Å². The molecule has 1 amide bonds. The summed E-state index contributed by atoms with van der Waals surface area (Å²) in [6.07, 6.45) is 0.667. The maximum atomic E-state index is 12.2. The lowest BCUT2D eigenvalue weighted by Gasteiger charge is -2.12. The second kappa shape index (κ2) is 9.35. The molecule has 0 aromatic heterocycles. The van der Waals surface area contributed by atoms with Crippen molar-refractivity contribution in [2.24, 2.45) is 5.14 Å². The molecule has 4 N–H and O–H groups in total. The summed E-state index contributed by atoms with van der Waals surface area (Å²) in [5, 5.41) is 7.56. The van der Waals surface area contributed by atoms with Crippen LogP contribution in [0.3, 0.4) is 0 Å². The molecular formula is C18H23N3O6S2. The molecule has 11 heteroatoms. The van der Waals surface area contributed by atoms with Crippen molar-refractivity contribution >= 4 is 31.6 Å². The minimum Gasteiger partial charge on any atom is -0.484 e. The normalized spacial score (nSPS) is 12.9. The Bertz CT molecular complexity index is 1050. The highest BCUT2D eigenvalue weighted by atomic mass is 32.2. The Kier molecular flexibility index (Phi) is 7.36. The molecule has 29 heavy (non-hydrogen) atoms. The molecule has 0 heterocycles. The average molecular weight is 442 g/mol. The van der Waals surface area contributed by atoms with Gasteiger partial charge in [0, 0.05) is 11.7 Å². The number of hydrogen-bond donors (Lipinski definition) is 3. The molecule has 2 aromatic rings. The summed E-state index contributed by atoms with van der Waals surface area (Å²) in [4.78, 5) is 12.0. The van der Waals surface area contributed by atoms with E-state index in [2.05, 4.69) is 10.0 Å². The lowest BCUT2D eigenvalue weighted by molar-refractivity contribution is -0.118. The summed E-state index contributed by atoms with van der Waals surface area (Å²) in [5.41, 5.74) is 0.378. The first-order valence-corrected chi connectivity index (χ1v) is 11.7. The van der Waals surface area contributed by atoms with Crippen molar-refractivity contribution in [1.29, 1.82) is 0 Å². The quantitative estimate of drug-likeness (QED) is 0.537. The number of benzene rings is 2. The van der Waals surface area contributed by atoms with Gasteiger partial charge in [-0.05, 0) is 61.9 Å². The molecule has 1 atom stereocenters. The molecule has 9 nitrogen and oxygen atoms in total. The average Bonchev–Trinajstić information content (AvgIpc) is 2.66. The van der Waals surface area contributed by atoms with Gasteiger partial charge in [-0.1, -0.05) is 6.92 Å². The van der Waals surface area contributed by atoms with Crippen LogP contribution < -0.4 is 19.9 Å². The highest BCUT2D eigenvalue weighted by Crippen LogP contribution is 2.17. The molecule has 0 bridgehead atoms. The Morgan fingerprint density at radius 1 is 1.00 bits per heavy atom. The van der Waals surface area contributed by atoms with Crippen molar-refractivity contribution < 1.29 is 26.4 Å². The van der Waals surface area contributed by atoms with E-state index in [0.717, 1.165) is 0 Å². The van der Waals surface area contributed by atoms with Gasteiger partial charge in [-0.2, -0.15) is 0 Å². The Morgan fingerprint density at radius 2 is 1.55 bits per heavy atom. The molecule has 0 saturated heterocycles. The van der Waals surface area contributed by atoms with E-state index in [-0.39, 0.29) is 22.4 Å². The highest BCUT2D eigenvalue weighted by molar-refractivity contribution is 7.89. The Labute approximate surface area is 170 Å². The fourth-order valence-electron chi connectivity index (χ4n) is 2.21. The van der Waals surface area contributed by atoms with Crippen molar-refractivity contribution in [3.63, 3.8) is 0 Å². The van der Waals surface area contributed by atoms with Gasteiger partial charge in [0.2, 0.25) is 20.0 Å². The van der Waals surface area contributed by atoms with Gasteiger partial charge < -0.3 is 10.1 Å². The van der Waals surface area contributed by atoms with Crippen molar-refractivity contribution in [2.75, 3.05) is 11.9 Å². The van der Waals surface area contributed by atoms with Crippen molar-refractivity contribution in [3.05, 3.63) is 48.5 Å². The Morgan fingerprint density at radius 3 is 2.07 bits per heavy atom. The van der Waals surface area contributed by atoms with Gasteiger partial charge >= 0.3 is 0 Å². The van der Waals surface area contributed by atoms with Crippen molar-refractivity contribution in [2.45, 2.75) is 36.1 Å². The standard InChI is InChI=1S/C18H23N3O6S2/c1-3-13(2)21-29(25,26)17-10-6-15(7-11-17)27-12-18(22)20-14-4-8-16(9-5-14)28(19,23)24/h4-11,13,21H,3,12H2,1-2H3,(H,20,22)(H2,19,23,24)/t13-/m0/s1. The topological polar surface area (TPSA) is 145 Å². The number of sulfonamides is 2. The van der Waals surface area contributed by atoms with Crippen LogP contribution in [0, 0.1) is 0 Å². The van der Waals surface area contributed by atoms with E-state index in [1.165, 1.54) is 48.5 Å². The third-order valence-corrected chi connectivity index (χ3v) is 6.47. The zero-order chi connectivity index (χ0) is 21.7. The van der Waals surface area contributed by atoms with Crippen LogP contribution in [0.5, 0.6) is 5.75 Å². The molecule has 0 saturated carbocycles. The number of anilines is 1. The van der Waals surface area contributed by atoms with Crippen LogP contribution >= 0.6 is 0 Å². The molecule has 158 valence electrons. The van der Waals surface area contributed by atoms with Gasteiger partial charge in [0.25, 0.3) is 5.91 Å². The first-order valence-electron chi connectivity index (χ1n) is 8.69. The van der Waals surface area contributed by atoms with Crippen molar-refractivity contribution in [1.82, 2.24) is 4.72 Å². The zero-order valence-electron chi connectivity index (χ0n) is 16.0. The van der Waals surface area contributed by atoms with Gasteiger partial charge in [0.1, 0.15) is 5.75 Å². The molecule has 0 aliphatic heterocycles. The fourth-order valence-corrected chi connectivity index (χ4v) is 4.05. The van der Waals surface area contributed by atoms with E-state index in [9.17, 15) is 21.6 Å². The molecule has 0 spiro atoms. The maximum absolute atomic E-state index is 12.2. The number of carbonyl (C=O) groups is 1. The number of ether oxygens (including phenoxy) is 1. The summed E-state index contributed by atoms with van der Waals surface area (Å²) < 4.78 is 54.7. The summed E-state index contributed by atoms with van der Waals surface area (Å²) in [5.74, 6) is -0.143. The van der Waals surface area contributed by atoms with Crippen LogP contribution in [0.15, 0.2) is 58.3 Å². The minimum absolute atomic E-state index is 0.0652. The van der Waals surface area contributed by atoms with Crippen LogP contribution in [-0.4, -0.2) is 35.4 Å². The monoisotopic (exact) mass is 441 g/mol. The Balaban J connectivity index is 1.92. The van der Waals surface area contributed by atoms with E-state index in [4.69, 9.17) is 9.88 Å². The van der Waals surface area contributed by atoms with E-state index in [1.54, 1.807) is 6.92 Å². The van der Waals surface area contributed by atoms with Crippen LogP contribution in [0.25, 0.3) is 0 Å². The number of rotatable bonds is 9. The third-order valence-electron chi connectivity index (χ3n) is 3.94. The molecule has 0 aliphatic carbocycles. The third kappa shape index (κ3) is 6.82. The molecule has 0 fully saturated rings. The smallest absolute Gasteiger partial charge is 0.262 e. The SMILES string of the molecule is CC[C@H](C)NS(=O)(=O)c1ccc(OCC(=O)Nc2ccc(S(N)(=O)=O)cc2)cc1. The number of nitrogens with two attached hydrogens (primary N) is 1. The summed E-state index contributed by atoms with van der Waals surface area (Å²) in [6.45, 7) is 3.34. The van der Waals surface area contributed by atoms with E-state index in [1.807, 2.05) is 6.92 Å². The van der Waals surface area contributed by atoms with Crippen LogP contribution in [0.2, 0.25) is 0 Å². The van der Waals surface area contributed by atoms with Gasteiger partial charge in [0.05, 0.1) is 9.79 Å². The van der Waals surface area contributed by atoms with Crippen LogP contribution in [0.4, 0.5) is 5.69 Å². The van der Waals surface area contributed by atoms with Gasteiger partial charge in [-0.25, -0.2) is 26.7 Å². The fraction of sp³-hybridized carbons (Fsp3) is 0.278. The van der Waals surface area contributed by atoms with Gasteiger partial charge in [-0.3, -0.25) is 4.79 Å². The predicted octanol–water partition coefficient (Wildman–Crippen LogP) is 1.43. The highest BCUT2D eigenvalue weighted by Gasteiger charge is 2.16. The predicted molar refractivity (Wildman–Crippen MR) is 108 cm³/mol. The first kappa shape index (κ1) is 22.8. The molecular weight excluding hydrogens is 418 g/mol. The summed E-state index contributed by atoms with van der Waals surface area (Å²) in [7, 11) is -7.41.